The Kier molecular flexibility index (Phi) is 7.95. The van der Waals surface area contributed by atoms with Crippen LogP contribution in [0.4, 0.5) is 13.2 Å². The molecule has 2 aliphatic rings. The summed E-state index contributed by atoms with van der Waals surface area (Å²) in [6.45, 7) is 2.36. The highest BCUT2D eigenvalue weighted by Gasteiger charge is 2.41. The molecule has 2 fully saturated rings. The monoisotopic (exact) mass is 578 g/mol. The molecule has 40 heavy (non-hydrogen) atoms. The molecule has 3 aromatic rings. The van der Waals surface area contributed by atoms with Gasteiger partial charge in [0.05, 0.1) is 46.8 Å². The zero-order valence-electron chi connectivity index (χ0n) is 22.2. The van der Waals surface area contributed by atoms with Crippen LogP contribution < -0.4 is 5.32 Å². The van der Waals surface area contributed by atoms with Crippen molar-refractivity contribution >= 4 is 26.8 Å². The fourth-order valence-electron chi connectivity index (χ4n) is 5.31. The maximum absolute atomic E-state index is 13.1. The molecule has 216 valence electrons. The average molecular weight is 579 g/mol. The zero-order chi connectivity index (χ0) is 28.7. The van der Waals surface area contributed by atoms with Gasteiger partial charge in [-0.3, -0.25) is 9.69 Å². The second-order valence-corrected chi connectivity index (χ2v) is 12.9. The average Bonchev–Trinajstić information content (AvgIpc) is 3.71. The summed E-state index contributed by atoms with van der Waals surface area (Å²) in [7, 11) is -3.36. The molecule has 1 saturated heterocycles. The summed E-state index contributed by atoms with van der Waals surface area (Å²) in [5.41, 5.74) is 2.44. The van der Waals surface area contributed by atoms with Crippen LogP contribution in [0, 0.1) is 5.92 Å². The smallest absolute Gasteiger partial charge is 0.391 e. The van der Waals surface area contributed by atoms with Crippen LogP contribution in [-0.2, 0) is 16.4 Å². The number of aromatic nitrogens is 2. The number of rotatable bonds is 9. The highest BCUT2D eigenvalue weighted by molar-refractivity contribution is 7.91. The summed E-state index contributed by atoms with van der Waals surface area (Å²) < 4.78 is 65.6. The molecule has 8 nitrogen and oxygen atoms in total. The van der Waals surface area contributed by atoms with Crippen LogP contribution in [0.1, 0.15) is 66.4 Å². The van der Waals surface area contributed by atoms with Crippen molar-refractivity contribution in [2.24, 2.45) is 5.92 Å². The maximum atomic E-state index is 13.1. The van der Waals surface area contributed by atoms with Crippen molar-refractivity contribution in [2.75, 3.05) is 25.4 Å². The second kappa shape index (κ2) is 11.1. The minimum atomic E-state index is -4.15. The molecule has 2 N–H and O–H groups in total. The van der Waals surface area contributed by atoms with Gasteiger partial charge in [-0.05, 0) is 74.7 Å². The minimum absolute atomic E-state index is 0.0240. The fraction of sp³-hybridized carbons (Fsp3) is 0.500. The number of nitrogens with zero attached hydrogens (tertiary/aromatic N) is 3. The van der Waals surface area contributed by atoms with Crippen molar-refractivity contribution in [3.8, 4) is 0 Å². The third-order valence-electron chi connectivity index (χ3n) is 7.86. The van der Waals surface area contributed by atoms with Gasteiger partial charge >= 0.3 is 6.18 Å². The number of carbonyl (C=O) groups is 1. The summed E-state index contributed by atoms with van der Waals surface area (Å²) >= 11 is 0. The molecule has 1 atom stereocenters. The highest BCUT2D eigenvalue weighted by atomic mass is 32.2. The number of halogens is 3. The molecule has 1 saturated carbocycles. The minimum Gasteiger partial charge on any atom is -0.394 e. The van der Waals surface area contributed by atoms with Crippen molar-refractivity contribution in [1.29, 1.82) is 0 Å². The predicted octanol–water partition coefficient (Wildman–Crippen LogP) is 4.40. The highest BCUT2D eigenvalue weighted by Crippen LogP contribution is 2.40. The number of imidazole rings is 1. The standard InChI is InChI=1S/C28H33F3N4O4S/c1-2-40(38,39)22-8-3-18(4-9-22)24(17-36)33-27(37)19-5-10-25-23(15-19)32-26(35(25)21-6-7-21)16-34-13-11-20(12-14-34)28(29,30)31/h3-5,8-10,15,20-21,24,36H,2,6-7,11-14,16-17H2,1H3,(H,33,37)/t24-/m0/s1. The molecule has 0 spiro atoms. The van der Waals surface area contributed by atoms with Crippen molar-refractivity contribution in [1.82, 2.24) is 19.8 Å². The van der Waals surface area contributed by atoms with Gasteiger partial charge in [0.1, 0.15) is 5.82 Å². The predicted molar refractivity (Wildman–Crippen MR) is 144 cm³/mol. The molecule has 1 amide bonds. The molecule has 5 rings (SSSR count). The molecule has 1 aliphatic carbocycles. The van der Waals surface area contributed by atoms with Gasteiger partial charge < -0.3 is 15.0 Å². The largest absolute Gasteiger partial charge is 0.394 e. The zero-order valence-corrected chi connectivity index (χ0v) is 23.0. The van der Waals surface area contributed by atoms with Crippen LogP contribution in [0.3, 0.4) is 0 Å². The van der Waals surface area contributed by atoms with Gasteiger partial charge in [0.15, 0.2) is 9.84 Å². The molecule has 2 aromatic carbocycles. The van der Waals surface area contributed by atoms with Crippen molar-refractivity contribution in [3.05, 3.63) is 59.4 Å². The van der Waals surface area contributed by atoms with Gasteiger partial charge in [-0.25, -0.2) is 13.4 Å². The number of carbonyl (C=O) groups excluding carboxylic acids is 1. The topological polar surface area (TPSA) is 105 Å². The Labute approximate surface area is 231 Å². The van der Waals surface area contributed by atoms with Gasteiger partial charge in [-0.1, -0.05) is 19.1 Å². The second-order valence-electron chi connectivity index (χ2n) is 10.6. The van der Waals surface area contributed by atoms with E-state index in [-0.39, 0.29) is 30.1 Å². The number of alkyl halides is 3. The number of piperidine rings is 1. The Balaban J connectivity index is 1.32. The van der Waals surface area contributed by atoms with Crippen LogP contribution in [0.25, 0.3) is 11.0 Å². The number of likely N-dealkylation sites (tertiary alicyclic amines) is 1. The molecular formula is C28H33F3N4O4S. The molecule has 0 unspecified atom stereocenters. The lowest BCUT2D eigenvalue weighted by Gasteiger charge is -2.32. The van der Waals surface area contributed by atoms with E-state index in [0.29, 0.717) is 42.3 Å². The van der Waals surface area contributed by atoms with Crippen molar-refractivity contribution in [2.45, 2.75) is 62.3 Å². The number of hydrogen-bond acceptors (Lipinski definition) is 6. The lowest BCUT2D eigenvalue weighted by atomic mass is 9.96. The van der Waals surface area contributed by atoms with Crippen LogP contribution in [0.15, 0.2) is 47.4 Å². The molecule has 0 bridgehead atoms. The SMILES string of the molecule is CCS(=O)(=O)c1ccc([C@H](CO)NC(=O)c2ccc3c(c2)nc(CN2CCC(C(F)(F)F)CC2)n3C2CC2)cc1. The van der Waals surface area contributed by atoms with Crippen LogP contribution in [0.2, 0.25) is 0 Å². The number of nitrogens with one attached hydrogen (secondary N) is 1. The van der Waals surface area contributed by atoms with E-state index in [4.69, 9.17) is 4.98 Å². The van der Waals surface area contributed by atoms with Crippen molar-refractivity contribution < 1.29 is 31.5 Å². The number of benzene rings is 2. The van der Waals surface area contributed by atoms with Gasteiger partial charge in [0.2, 0.25) is 0 Å². The van der Waals surface area contributed by atoms with Gasteiger partial charge in [0.25, 0.3) is 5.91 Å². The number of hydrogen-bond donors (Lipinski definition) is 2. The van der Waals surface area contributed by atoms with E-state index < -0.39 is 33.9 Å². The Hall–Kier alpha value is -2.96. The van der Waals surface area contributed by atoms with E-state index in [1.165, 1.54) is 12.1 Å². The molecule has 0 radical (unpaired) electrons. The lowest BCUT2D eigenvalue weighted by Crippen LogP contribution is -2.39. The third kappa shape index (κ3) is 6.03. The quantitative estimate of drug-likeness (QED) is 0.390. The Morgan fingerprint density at radius 2 is 1.77 bits per heavy atom. The Bertz CT molecular complexity index is 1480. The van der Waals surface area contributed by atoms with E-state index in [0.717, 1.165) is 24.2 Å². The number of aliphatic hydroxyl groups excluding tert-OH is 1. The van der Waals surface area contributed by atoms with Crippen molar-refractivity contribution in [3.63, 3.8) is 0 Å². The summed E-state index contributed by atoms with van der Waals surface area (Å²) in [5, 5.41) is 12.7. The molecule has 2 heterocycles. The fourth-order valence-corrected chi connectivity index (χ4v) is 6.19. The summed E-state index contributed by atoms with van der Waals surface area (Å²) in [6.07, 6.45) is -1.97. The van der Waals surface area contributed by atoms with Crippen LogP contribution in [-0.4, -0.2) is 65.5 Å². The first kappa shape index (κ1) is 28.6. The lowest BCUT2D eigenvalue weighted by molar-refractivity contribution is -0.185. The number of aliphatic hydroxyl groups is 1. The summed E-state index contributed by atoms with van der Waals surface area (Å²) in [5.74, 6) is -0.903. The molecule has 1 aromatic heterocycles. The summed E-state index contributed by atoms with van der Waals surface area (Å²) in [6, 6.07) is 10.9. The van der Waals surface area contributed by atoms with Gasteiger partial charge in [-0.15, -0.1) is 0 Å². The van der Waals surface area contributed by atoms with E-state index in [9.17, 15) is 31.5 Å². The van der Waals surface area contributed by atoms with Gasteiger partial charge in [-0.2, -0.15) is 13.2 Å². The Morgan fingerprint density at radius 3 is 2.35 bits per heavy atom. The first-order chi connectivity index (χ1) is 19.0. The normalized spacial score (nSPS) is 18.2. The van der Waals surface area contributed by atoms with Gasteiger partial charge in [0, 0.05) is 11.6 Å². The summed E-state index contributed by atoms with van der Waals surface area (Å²) in [4.78, 5) is 20.1. The molecule has 1 aliphatic heterocycles. The van der Waals surface area contributed by atoms with Crippen LogP contribution >= 0.6 is 0 Å². The maximum Gasteiger partial charge on any atom is 0.391 e. The first-order valence-electron chi connectivity index (χ1n) is 13.5. The molecule has 12 heteroatoms. The first-order valence-corrected chi connectivity index (χ1v) is 15.2. The number of sulfone groups is 1. The molecular weight excluding hydrogens is 545 g/mol. The van der Waals surface area contributed by atoms with E-state index in [1.807, 2.05) is 11.0 Å². The van der Waals surface area contributed by atoms with E-state index >= 15 is 0 Å². The van der Waals surface area contributed by atoms with E-state index in [2.05, 4.69) is 9.88 Å². The van der Waals surface area contributed by atoms with Crippen LogP contribution in [0.5, 0.6) is 0 Å². The van der Waals surface area contributed by atoms with E-state index in [1.54, 1.807) is 31.2 Å². The number of fused-ring (bicyclic) bond motifs is 1. The Morgan fingerprint density at radius 1 is 1.10 bits per heavy atom. The third-order valence-corrected chi connectivity index (χ3v) is 9.61. The number of amides is 1.